The predicted molar refractivity (Wildman–Crippen MR) is 68.1 cm³/mol. The van der Waals surface area contributed by atoms with Crippen LogP contribution in [0.25, 0.3) is 0 Å². The van der Waals surface area contributed by atoms with Crippen LogP contribution in [0.3, 0.4) is 0 Å². The Kier molecular flexibility index (Phi) is 4.63. The maximum Gasteiger partial charge on any atom is 0.221 e. The van der Waals surface area contributed by atoms with Crippen LogP contribution in [0.4, 0.5) is 0 Å². The summed E-state index contributed by atoms with van der Waals surface area (Å²) in [5.74, 6) is -0.0296. The van der Waals surface area contributed by atoms with Gasteiger partial charge in [-0.15, -0.1) is 0 Å². The Morgan fingerprint density at radius 1 is 1.47 bits per heavy atom. The highest BCUT2D eigenvalue weighted by atomic mass is 16.1. The van der Waals surface area contributed by atoms with Crippen LogP contribution >= 0.6 is 0 Å². The van der Waals surface area contributed by atoms with Crippen LogP contribution in [0, 0.1) is 5.41 Å². The van der Waals surface area contributed by atoms with Crippen molar-refractivity contribution in [2.24, 2.45) is 11.1 Å². The number of rotatable bonds is 4. The first-order valence-electron chi connectivity index (χ1n) is 5.82. The van der Waals surface area contributed by atoms with Gasteiger partial charge in [0, 0.05) is 18.7 Å². The van der Waals surface area contributed by atoms with E-state index in [1.54, 1.807) is 6.20 Å². The van der Waals surface area contributed by atoms with E-state index in [1.165, 1.54) is 0 Å². The van der Waals surface area contributed by atoms with Crippen molar-refractivity contribution in [3.05, 3.63) is 30.1 Å². The molecule has 0 aliphatic rings. The topological polar surface area (TPSA) is 68.0 Å². The SMILES string of the molecule is CC(C)(C)C(N)CC(=O)NCc1ccccn1. The summed E-state index contributed by atoms with van der Waals surface area (Å²) in [6.07, 6.45) is 2.05. The van der Waals surface area contributed by atoms with E-state index in [-0.39, 0.29) is 17.4 Å². The minimum atomic E-state index is -0.133. The average molecular weight is 235 g/mol. The number of aromatic nitrogens is 1. The molecule has 4 heteroatoms. The zero-order valence-electron chi connectivity index (χ0n) is 10.7. The van der Waals surface area contributed by atoms with Crippen LogP contribution < -0.4 is 11.1 Å². The first kappa shape index (κ1) is 13.6. The Bertz CT molecular complexity index is 357. The summed E-state index contributed by atoms with van der Waals surface area (Å²) in [5, 5.41) is 2.82. The second kappa shape index (κ2) is 5.77. The van der Waals surface area contributed by atoms with Gasteiger partial charge >= 0.3 is 0 Å². The molecule has 17 heavy (non-hydrogen) atoms. The van der Waals surface area contributed by atoms with Gasteiger partial charge in [-0.2, -0.15) is 0 Å². The zero-order chi connectivity index (χ0) is 12.9. The van der Waals surface area contributed by atoms with Crippen LogP contribution in [0.2, 0.25) is 0 Å². The quantitative estimate of drug-likeness (QED) is 0.830. The lowest BCUT2D eigenvalue weighted by molar-refractivity contribution is -0.122. The first-order chi connectivity index (χ1) is 7.89. The molecule has 0 saturated carbocycles. The van der Waals surface area contributed by atoms with Crippen molar-refractivity contribution >= 4 is 5.91 Å². The van der Waals surface area contributed by atoms with Gasteiger partial charge in [0.2, 0.25) is 5.91 Å². The summed E-state index contributed by atoms with van der Waals surface area (Å²) in [6.45, 7) is 6.55. The van der Waals surface area contributed by atoms with Gasteiger partial charge in [0.15, 0.2) is 0 Å². The highest BCUT2D eigenvalue weighted by molar-refractivity contribution is 5.76. The summed E-state index contributed by atoms with van der Waals surface area (Å²) in [6, 6.07) is 5.49. The van der Waals surface area contributed by atoms with Crippen LogP contribution in [-0.4, -0.2) is 16.9 Å². The van der Waals surface area contributed by atoms with Gasteiger partial charge in [0.1, 0.15) is 0 Å². The maximum atomic E-state index is 11.7. The van der Waals surface area contributed by atoms with Crippen LogP contribution in [0.5, 0.6) is 0 Å². The molecule has 0 saturated heterocycles. The number of nitrogens with two attached hydrogens (primary N) is 1. The molecule has 1 aromatic rings. The fourth-order valence-electron chi connectivity index (χ4n) is 1.27. The van der Waals surface area contributed by atoms with Gasteiger partial charge < -0.3 is 11.1 Å². The number of nitrogens with one attached hydrogen (secondary N) is 1. The molecule has 0 radical (unpaired) electrons. The minimum absolute atomic E-state index is 0.0296. The molecule has 0 fully saturated rings. The minimum Gasteiger partial charge on any atom is -0.350 e. The third-order valence-electron chi connectivity index (χ3n) is 2.71. The van der Waals surface area contributed by atoms with Gasteiger partial charge in [-0.05, 0) is 17.5 Å². The van der Waals surface area contributed by atoms with Crippen molar-refractivity contribution in [1.82, 2.24) is 10.3 Å². The molecular weight excluding hydrogens is 214 g/mol. The smallest absolute Gasteiger partial charge is 0.221 e. The zero-order valence-corrected chi connectivity index (χ0v) is 10.7. The van der Waals surface area contributed by atoms with Crippen molar-refractivity contribution in [1.29, 1.82) is 0 Å². The summed E-state index contributed by atoms with van der Waals surface area (Å²) >= 11 is 0. The summed E-state index contributed by atoms with van der Waals surface area (Å²) in [5.41, 5.74) is 6.74. The van der Waals surface area contributed by atoms with Crippen molar-refractivity contribution in [3.63, 3.8) is 0 Å². The second-order valence-corrected chi connectivity index (χ2v) is 5.27. The van der Waals surface area contributed by atoms with Crippen molar-refractivity contribution < 1.29 is 4.79 Å². The Labute approximate surface area is 103 Å². The van der Waals surface area contributed by atoms with E-state index in [2.05, 4.69) is 10.3 Å². The molecule has 0 aliphatic carbocycles. The van der Waals surface area contributed by atoms with Crippen molar-refractivity contribution in [3.8, 4) is 0 Å². The molecule has 3 N–H and O–H groups in total. The third kappa shape index (κ3) is 4.95. The number of carbonyl (C=O) groups is 1. The molecule has 1 aromatic heterocycles. The third-order valence-corrected chi connectivity index (χ3v) is 2.71. The molecule has 0 bridgehead atoms. The number of carbonyl (C=O) groups excluding carboxylic acids is 1. The predicted octanol–water partition coefficient (Wildman–Crippen LogP) is 1.46. The van der Waals surface area contributed by atoms with E-state index in [0.717, 1.165) is 5.69 Å². The van der Waals surface area contributed by atoms with Gasteiger partial charge in [0.05, 0.1) is 12.2 Å². The van der Waals surface area contributed by atoms with Gasteiger partial charge in [-0.1, -0.05) is 26.8 Å². The molecule has 1 unspecified atom stereocenters. The van der Waals surface area contributed by atoms with Crippen molar-refractivity contribution in [2.45, 2.75) is 39.8 Å². The Balaban J connectivity index is 2.36. The molecule has 1 amide bonds. The molecule has 0 aromatic carbocycles. The van der Waals surface area contributed by atoms with Crippen LogP contribution in [0.15, 0.2) is 24.4 Å². The number of amides is 1. The Morgan fingerprint density at radius 2 is 2.18 bits per heavy atom. The van der Waals surface area contributed by atoms with Gasteiger partial charge in [-0.25, -0.2) is 0 Å². The normalized spacial score (nSPS) is 13.2. The standard InChI is InChI=1S/C13H21N3O/c1-13(2,3)11(14)8-12(17)16-9-10-6-4-5-7-15-10/h4-7,11H,8-9,14H2,1-3H3,(H,16,17). The number of hydrogen-bond donors (Lipinski definition) is 2. The fourth-order valence-corrected chi connectivity index (χ4v) is 1.27. The first-order valence-corrected chi connectivity index (χ1v) is 5.82. The summed E-state index contributed by atoms with van der Waals surface area (Å²) < 4.78 is 0. The second-order valence-electron chi connectivity index (χ2n) is 5.27. The lowest BCUT2D eigenvalue weighted by atomic mass is 9.85. The molecule has 1 heterocycles. The van der Waals surface area contributed by atoms with Crippen LogP contribution in [0.1, 0.15) is 32.9 Å². The Hall–Kier alpha value is -1.42. The van der Waals surface area contributed by atoms with Crippen LogP contribution in [-0.2, 0) is 11.3 Å². The van der Waals surface area contributed by atoms with Gasteiger partial charge in [-0.3, -0.25) is 9.78 Å². The molecule has 0 spiro atoms. The van der Waals surface area contributed by atoms with E-state index in [9.17, 15) is 4.79 Å². The lowest BCUT2D eigenvalue weighted by Crippen LogP contribution is -2.40. The molecule has 0 aliphatic heterocycles. The largest absolute Gasteiger partial charge is 0.350 e. The monoisotopic (exact) mass is 235 g/mol. The summed E-state index contributed by atoms with van der Waals surface area (Å²) in [4.78, 5) is 15.8. The average Bonchev–Trinajstić information content (AvgIpc) is 2.26. The fraction of sp³-hybridized carbons (Fsp3) is 0.538. The van der Waals surface area contributed by atoms with E-state index in [1.807, 2.05) is 39.0 Å². The maximum absolute atomic E-state index is 11.7. The molecular formula is C13H21N3O. The summed E-state index contributed by atoms with van der Waals surface area (Å²) in [7, 11) is 0. The van der Waals surface area contributed by atoms with E-state index in [4.69, 9.17) is 5.73 Å². The molecule has 1 rings (SSSR count). The lowest BCUT2D eigenvalue weighted by Gasteiger charge is -2.26. The number of nitrogens with zero attached hydrogens (tertiary/aromatic N) is 1. The number of hydrogen-bond acceptors (Lipinski definition) is 3. The number of pyridine rings is 1. The molecule has 1 atom stereocenters. The molecule has 94 valence electrons. The van der Waals surface area contributed by atoms with E-state index < -0.39 is 0 Å². The molecule has 4 nitrogen and oxygen atoms in total. The highest BCUT2D eigenvalue weighted by Gasteiger charge is 2.22. The highest BCUT2D eigenvalue weighted by Crippen LogP contribution is 2.19. The van der Waals surface area contributed by atoms with E-state index >= 15 is 0 Å². The Morgan fingerprint density at radius 3 is 2.71 bits per heavy atom. The van der Waals surface area contributed by atoms with Gasteiger partial charge in [0.25, 0.3) is 0 Å². The van der Waals surface area contributed by atoms with E-state index in [0.29, 0.717) is 13.0 Å². The van der Waals surface area contributed by atoms with Crippen molar-refractivity contribution in [2.75, 3.05) is 0 Å².